The summed E-state index contributed by atoms with van der Waals surface area (Å²) >= 11 is 0. The number of aliphatic imine (C=N–C) groups is 2. The molecule has 1 radical (unpaired) electrons. The van der Waals surface area contributed by atoms with Crippen molar-refractivity contribution in [2.45, 2.75) is 12.1 Å². The molecule has 0 fully saturated rings. The van der Waals surface area contributed by atoms with Gasteiger partial charge >= 0.3 is 33.0 Å². The van der Waals surface area contributed by atoms with E-state index in [-0.39, 0.29) is 28.6 Å². The van der Waals surface area contributed by atoms with E-state index >= 15 is 0 Å². The molecule has 0 amide bonds. The third-order valence-corrected chi connectivity index (χ3v) is 14.0. The van der Waals surface area contributed by atoms with Gasteiger partial charge in [0.1, 0.15) is 23.6 Å². The van der Waals surface area contributed by atoms with E-state index in [0.29, 0.717) is 11.1 Å². The van der Waals surface area contributed by atoms with Crippen LogP contribution in [0, 0.1) is 0 Å². The number of phenols is 2. The summed E-state index contributed by atoms with van der Waals surface area (Å²) in [7, 11) is -10.7. The van der Waals surface area contributed by atoms with Crippen LogP contribution in [0.25, 0.3) is 87.6 Å². The smallest absolute Gasteiger partial charge is 0.132 e. The molecule has 80 heavy (non-hydrogen) atoms. The average Bonchev–Trinajstić information content (AvgIpc) is 3.63. The van der Waals surface area contributed by atoms with Crippen LogP contribution in [0.2, 0.25) is 0 Å². The first kappa shape index (κ1) is 54.5. The van der Waals surface area contributed by atoms with Crippen molar-refractivity contribution in [2.24, 2.45) is 9.98 Å². The van der Waals surface area contributed by atoms with Crippen LogP contribution in [0.5, 0.6) is 11.5 Å². The van der Waals surface area contributed by atoms with Crippen molar-refractivity contribution in [3.05, 3.63) is 277 Å². The molecule has 2 N–H and O–H groups in total. The molecule has 12 aromatic carbocycles. The number of halogens is 6. The maximum atomic E-state index is 12.8. The maximum absolute atomic E-state index is 12.8. The molecule has 0 aliphatic heterocycles. The Morgan fingerprint density at radius 1 is 0.325 bits per heavy atom. The van der Waals surface area contributed by atoms with Crippen molar-refractivity contribution in [3.63, 3.8) is 0 Å². The van der Waals surface area contributed by atoms with Crippen LogP contribution in [0.15, 0.2) is 265 Å². The number of hydrogen-bond donors (Lipinski definition) is 2. The molecule has 397 valence electrons. The summed E-state index contributed by atoms with van der Waals surface area (Å²) < 4.78 is 59.2. The zero-order valence-electron chi connectivity index (χ0n) is 42.4. The first-order valence-corrected chi connectivity index (χ1v) is 27.4. The molecule has 0 aliphatic carbocycles. The first-order chi connectivity index (χ1) is 38.0. The van der Waals surface area contributed by atoms with E-state index in [4.69, 9.17) is 9.98 Å². The van der Waals surface area contributed by atoms with Gasteiger partial charge in [-0.3, -0.25) is 9.98 Å². The molecular formula is C68H48F6MnN2O2P-. The predicted molar refractivity (Wildman–Crippen MR) is 315 cm³/mol. The minimum Gasteiger partial charge on any atom is -0.507 e. The van der Waals surface area contributed by atoms with Crippen molar-refractivity contribution in [1.29, 1.82) is 0 Å². The summed E-state index contributed by atoms with van der Waals surface area (Å²) in [4.78, 5) is 10.9. The molecule has 4 nitrogen and oxygen atoms in total. The Morgan fingerprint density at radius 3 is 0.938 bits per heavy atom. The Labute approximate surface area is 468 Å². The van der Waals surface area contributed by atoms with Gasteiger partial charge in [0.05, 0.1) is 0 Å². The zero-order chi connectivity index (χ0) is 54.8. The maximum Gasteiger partial charge on any atom is 0.132 e. The summed E-state index contributed by atoms with van der Waals surface area (Å²) in [5, 5.41) is 33.7. The van der Waals surface area contributed by atoms with Gasteiger partial charge in [0, 0.05) is 62.9 Å². The number of phenolic OH excluding ortho intramolecular Hbond substituents is 2. The number of fused-ring (bicyclic) bond motifs is 4. The molecule has 12 heteroatoms. The van der Waals surface area contributed by atoms with Gasteiger partial charge in [-0.05, 0) is 88.6 Å². The fourth-order valence-corrected chi connectivity index (χ4v) is 10.5. The normalized spacial score (nSPS) is 13.4. The molecule has 0 spiro atoms. The van der Waals surface area contributed by atoms with E-state index in [1.54, 1.807) is 0 Å². The van der Waals surface area contributed by atoms with Crippen molar-refractivity contribution >= 4 is 63.3 Å². The van der Waals surface area contributed by atoms with Gasteiger partial charge in [0.15, 0.2) is 0 Å². The van der Waals surface area contributed by atoms with E-state index in [1.807, 2.05) is 97.4 Å². The topological polar surface area (TPSA) is 65.2 Å². The first-order valence-electron chi connectivity index (χ1n) is 25.4. The fraction of sp³-hybridized carbons (Fsp3) is 0.0294. The second kappa shape index (κ2) is 21.8. The van der Waals surface area contributed by atoms with Crippen LogP contribution in [0.1, 0.15) is 34.3 Å². The van der Waals surface area contributed by atoms with Gasteiger partial charge in [0.2, 0.25) is 0 Å². The molecule has 0 saturated carbocycles. The third-order valence-electron chi connectivity index (χ3n) is 14.0. The number of benzene rings is 12. The summed E-state index contributed by atoms with van der Waals surface area (Å²) in [6.07, 6.45) is 3.64. The van der Waals surface area contributed by atoms with Crippen molar-refractivity contribution in [2.75, 3.05) is 0 Å². The van der Waals surface area contributed by atoms with Crippen molar-refractivity contribution in [1.82, 2.24) is 0 Å². The molecule has 0 bridgehead atoms. The summed E-state index contributed by atoms with van der Waals surface area (Å²) in [6, 6.07) is 86.1. The molecule has 12 rings (SSSR count). The van der Waals surface area contributed by atoms with E-state index in [1.165, 1.54) is 0 Å². The van der Waals surface area contributed by atoms with Gasteiger partial charge in [-0.2, -0.15) is 0 Å². The molecular weight excluding hydrogens is 1080 g/mol. The number of aromatic hydroxyl groups is 2. The van der Waals surface area contributed by atoms with Gasteiger partial charge in [-0.25, -0.2) is 0 Å². The fourth-order valence-electron chi connectivity index (χ4n) is 10.5. The van der Waals surface area contributed by atoms with Crippen LogP contribution in [-0.4, -0.2) is 22.6 Å². The quantitative estimate of drug-likeness (QED) is 0.0587. The summed E-state index contributed by atoms with van der Waals surface area (Å²) in [5.41, 5.74) is 10.7. The second-order valence-electron chi connectivity index (χ2n) is 19.2. The Morgan fingerprint density at radius 2 is 0.600 bits per heavy atom. The summed E-state index contributed by atoms with van der Waals surface area (Å²) in [5.74, 6) is 0.295. The van der Waals surface area contributed by atoms with Crippen molar-refractivity contribution in [3.8, 4) is 56.0 Å². The van der Waals surface area contributed by atoms with Gasteiger partial charge in [-0.1, -0.05) is 243 Å². The molecule has 0 aromatic heterocycles. The van der Waals surface area contributed by atoms with Gasteiger partial charge in [0.25, 0.3) is 0 Å². The minimum absolute atomic E-state index is 0. The molecule has 0 saturated heterocycles. The van der Waals surface area contributed by atoms with E-state index in [9.17, 15) is 35.4 Å². The van der Waals surface area contributed by atoms with Crippen LogP contribution in [-0.2, 0) is 17.1 Å². The molecule has 0 aliphatic rings. The van der Waals surface area contributed by atoms with E-state index < -0.39 is 19.9 Å². The number of rotatable bonds is 11. The largest absolute Gasteiger partial charge is 0.507 e. The average molecular weight is 1130 g/mol. The standard InChI is InChI=1S/C68H48N2O2.F6P.Mn/c71-67-53(41-51-31-15-19-35-57(51)63(67)61-55-33-17-13-25-47(55)37-39-59(61)45-21-5-1-6-22-45)43-69-65(49-27-9-3-10-28-49)66(50-29-11-4-12-30-50)70-44-54-42-52-32-16-20-36-58(52)64(68(54)72)62-56-34-18-14-26-48(56)38-40-60(62)46-23-7-2-8-24-46;1-7(2,3,4,5)6;/h1-44,65-66,71-72H;;/q;-1;/t65-,66-;;/m0../s1. The van der Waals surface area contributed by atoms with Crippen LogP contribution in [0.3, 0.4) is 0 Å². The summed E-state index contributed by atoms with van der Waals surface area (Å²) in [6.45, 7) is 0. The number of hydrogen-bond acceptors (Lipinski definition) is 4. The second-order valence-corrected chi connectivity index (χ2v) is 21.1. The minimum atomic E-state index is -10.7. The Hall–Kier alpha value is -8.85. The van der Waals surface area contributed by atoms with E-state index in [0.717, 1.165) is 98.7 Å². The van der Waals surface area contributed by atoms with Crippen LogP contribution >= 0.6 is 7.81 Å². The van der Waals surface area contributed by atoms with E-state index in [2.05, 4.69) is 170 Å². The van der Waals surface area contributed by atoms with Gasteiger partial charge < -0.3 is 10.2 Å². The Balaban J connectivity index is 0.000000846. The number of nitrogens with zero attached hydrogens (tertiary/aromatic N) is 2. The third kappa shape index (κ3) is 12.1. The molecule has 12 aromatic rings. The zero-order valence-corrected chi connectivity index (χ0v) is 44.5. The molecule has 0 unspecified atom stereocenters. The Bertz CT molecular complexity index is 4010. The van der Waals surface area contributed by atoms with Crippen LogP contribution < -0.4 is 0 Å². The SMILES string of the molecule is F[P-](F)(F)(F)(F)F.Oc1c(C=N[C@@H](c2ccccc2)[C@@H](N=Cc2cc3ccccc3c(-c3c(-c4ccccc4)ccc4ccccc34)c2O)c2ccccc2)cc2ccccc2c1-c1c(-c2ccccc2)ccc2ccccc12.[Mn]. The monoisotopic (exact) mass is 1120 g/mol. The molecule has 2 atom stereocenters. The molecule has 0 heterocycles. The predicted octanol–water partition coefficient (Wildman–Crippen LogP) is 20.8. The Kier molecular flexibility index (Phi) is 14.8. The van der Waals surface area contributed by atoms with Gasteiger partial charge in [-0.15, -0.1) is 0 Å². The van der Waals surface area contributed by atoms with Crippen molar-refractivity contribution < 1.29 is 52.5 Å². The van der Waals surface area contributed by atoms with Crippen LogP contribution in [0.4, 0.5) is 25.2 Å².